The average molecular weight is 258 g/mol. The largest absolute Gasteiger partial charge is 0.464 e. The maximum Gasteiger partial charge on any atom is 0.332 e. The fourth-order valence-corrected chi connectivity index (χ4v) is 2.63. The van der Waals surface area contributed by atoms with Crippen molar-refractivity contribution >= 4 is 5.97 Å². The van der Waals surface area contributed by atoms with Gasteiger partial charge in [-0.3, -0.25) is 0 Å². The lowest BCUT2D eigenvalue weighted by Crippen LogP contribution is -2.41. The van der Waals surface area contributed by atoms with E-state index in [1.165, 1.54) is 0 Å². The standard InChI is InChI=1S/C14H26O4/c1-5-17-14(16)8-18-13-6-10(4)12(15)7-11(13)9(2)3/h9-13,15H,5-8H2,1-4H3. The summed E-state index contributed by atoms with van der Waals surface area (Å²) < 4.78 is 10.6. The maximum atomic E-state index is 11.3. The monoisotopic (exact) mass is 258 g/mol. The molecule has 1 rings (SSSR count). The molecular weight excluding hydrogens is 232 g/mol. The molecule has 0 aliphatic heterocycles. The first-order valence-corrected chi connectivity index (χ1v) is 6.91. The highest BCUT2D eigenvalue weighted by molar-refractivity contribution is 5.70. The molecule has 0 aromatic heterocycles. The van der Waals surface area contributed by atoms with E-state index >= 15 is 0 Å². The van der Waals surface area contributed by atoms with E-state index in [-0.39, 0.29) is 30.7 Å². The lowest BCUT2D eigenvalue weighted by atomic mass is 9.74. The van der Waals surface area contributed by atoms with Gasteiger partial charge >= 0.3 is 5.97 Å². The molecule has 0 heterocycles. The van der Waals surface area contributed by atoms with Gasteiger partial charge in [-0.2, -0.15) is 0 Å². The molecule has 4 unspecified atom stereocenters. The molecule has 0 radical (unpaired) electrons. The topological polar surface area (TPSA) is 55.8 Å². The molecule has 1 N–H and O–H groups in total. The molecule has 0 amide bonds. The van der Waals surface area contributed by atoms with Crippen LogP contribution in [0.5, 0.6) is 0 Å². The molecule has 4 nitrogen and oxygen atoms in total. The highest BCUT2D eigenvalue weighted by Gasteiger charge is 2.36. The second-order valence-electron chi connectivity index (χ2n) is 5.58. The molecule has 0 aromatic rings. The van der Waals surface area contributed by atoms with E-state index in [0.29, 0.717) is 18.4 Å². The van der Waals surface area contributed by atoms with Gasteiger partial charge in [0.05, 0.1) is 18.8 Å². The molecule has 4 atom stereocenters. The van der Waals surface area contributed by atoms with Crippen molar-refractivity contribution in [2.24, 2.45) is 17.8 Å². The van der Waals surface area contributed by atoms with E-state index in [4.69, 9.17) is 9.47 Å². The number of carbonyl (C=O) groups excluding carboxylic acids is 1. The Morgan fingerprint density at radius 3 is 2.61 bits per heavy atom. The molecule has 1 saturated carbocycles. The number of carbonyl (C=O) groups is 1. The molecule has 4 heteroatoms. The van der Waals surface area contributed by atoms with E-state index in [1.54, 1.807) is 6.92 Å². The first-order valence-electron chi connectivity index (χ1n) is 6.91. The van der Waals surface area contributed by atoms with Crippen molar-refractivity contribution < 1.29 is 19.4 Å². The third-order valence-corrected chi connectivity index (χ3v) is 3.83. The Kier molecular flexibility index (Phi) is 6.09. The Balaban J connectivity index is 2.51. The molecule has 1 aliphatic rings. The van der Waals surface area contributed by atoms with Gasteiger partial charge in [-0.05, 0) is 37.5 Å². The fraction of sp³-hybridized carbons (Fsp3) is 0.929. The SMILES string of the molecule is CCOC(=O)COC1CC(C)C(O)CC1C(C)C. The molecule has 0 bridgehead atoms. The number of rotatable bonds is 5. The summed E-state index contributed by atoms with van der Waals surface area (Å²) in [5.41, 5.74) is 0. The van der Waals surface area contributed by atoms with Crippen LogP contribution >= 0.6 is 0 Å². The molecule has 1 fully saturated rings. The summed E-state index contributed by atoms with van der Waals surface area (Å²) in [5, 5.41) is 9.93. The lowest BCUT2D eigenvalue weighted by Gasteiger charge is -2.39. The van der Waals surface area contributed by atoms with Gasteiger partial charge in [0.25, 0.3) is 0 Å². The number of hydrogen-bond donors (Lipinski definition) is 1. The van der Waals surface area contributed by atoms with Crippen LogP contribution in [-0.4, -0.2) is 36.5 Å². The van der Waals surface area contributed by atoms with Crippen LogP contribution in [0, 0.1) is 17.8 Å². The number of esters is 1. The Hall–Kier alpha value is -0.610. The van der Waals surface area contributed by atoms with Crippen molar-refractivity contribution in [3.05, 3.63) is 0 Å². The van der Waals surface area contributed by atoms with Gasteiger partial charge in [0, 0.05) is 0 Å². The van der Waals surface area contributed by atoms with Crippen LogP contribution in [-0.2, 0) is 14.3 Å². The summed E-state index contributed by atoms with van der Waals surface area (Å²) in [4.78, 5) is 11.3. The van der Waals surface area contributed by atoms with Crippen molar-refractivity contribution in [1.82, 2.24) is 0 Å². The number of ether oxygens (including phenoxy) is 2. The van der Waals surface area contributed by atoms with E-state index < -0.39 is 0 Å². The van der Waals surface area contributed by atoms with Crippen LogP contribution in [0.1, 0.15) is 40.5 Å². The van der Waals surface area contributed by atoms with Gasteiger partial charge in [0.1, 0.15) is 6.61 Å². The predicted octanol–water partition coefficient (Wildman–Crippen LogP) is 2.00. The minimum Gasteiger partial charge on any atom is -0.464 e. The minimum absolute atomic E-state index is 0.0184. The Bertz CT molecular complexity index is 265. The van der Waals surface area contributed by atoms with Crippen LogP contribution in [0.4, 0.5) is 0 Å². The first kappa shape index (κ1) is 15.4. The second kappa shape index (κ2) is 7.10. The summed E-state index contributed by atoms with van der Waals surface area (Å²) in [7, 11) is 0. The van der Waals surface area contributed by atoms with Gasteiger partial charge in [-0.15, -0.1) is 0 Å². The summed E-state index contributed by atoms with van der Waals surface area (Å²) in [6.07, 6.45) is 1.36. The summed E-state index contributed by atoms with van der Waals surface area (Å²) in [5.74, 6) is 0.677. The Labute approximate surface area is 110 Å². The summed E-state index contributed by atoms with van der Waals surface area (Å²) in [6, 6.07) is 0. The predicted molar refractivity (Wildman–Crippen MR) is 69.1 cm³/mol. The summed E-state index contributed by atoms with van der Waals surface area (Å²) in [6.45, 7) is 8.48. The molecular formula is C14H26O4. The van der Waals surface area contributed by atoms with E-state index in [2.05, 4.69) is 13.8 Å². The number of aliphatic hydroxyl groups excluding tert-OH is 1. The van der Waals surface area contributed by atoms with Crippen LogP contribution < -0.4 is 0 Å². The van der Waals surface area contributed by atoms with Crippen LogP contribution in [0.15, 0.2) is 0 Å². The van der Waals surface area contributed by atoms with Crippen molar-refractivity contribution in [3.63, 3.8) is 0 Å². The summed E-state index contributed by atoms with van der Waals surface area (Å²) >= 11 is 0. The average Bonchev–Trinajstić information content (AvgIpc) is 2.30. The lowest BCUT2D eigenvalue weighted by molar-refractivity contribution is -0.155. The highest BCUT2D eigenvalue weighted by Crippen LogP contribution is 2.35. The van der Waals surface area contributed by atoms with E-state index in [0.717, 1.165) is 12.8 Å². The van der Waals surface area contributed by atoms with Crippen molar-refractivity contribution in [2.45, 2.75) is 52.7 Å². The Morgan fingerprint density at radius 1 is 1.39 bits per heavy atom. The van der Waals surface area contributed by atoms with Gasteiger partial charge in [-0.25, -0.2) is 4.79 Å². The van der Waals surface area contributed by atoms with E-state index in [9.17, 15) is 9.90 Å². The molecule has 0 spiro atoms. The Morgan fingerprint density at radius 2 is 2.06 bits per heavy atom. The molecule has 0 saturated heterocycles. The van der Waals surface area contributed by atoms with Gasteiger partial charge in [0.2, 0.25) is 0 Å². The molecule has 106 valence electrons. The number of aliphatic hydroxyl groups is 1. The zero-order valence-electron chi connectivity index (χ0n) is 11.9. The number of hydrogen-bond acceptors (Lipinski definition) is 4. The molecule has 1 aliphatic carbocycles. The zero-order chi connectivity index (χ0) is 13.7. The first-order chi connectivity index (χ1) is 8.45. The fourth-order valence-electron chi connectivity index (χ4n) is 2.63. The van der Waals surface area contributed by atoms with E-state index in [1.807, 2.05) is 6.92 Å². The zero-order valence-corrected chi connectivity index (χ0v) is 11.9. The second-order valence-corrected chi connectivity index (χ2v) is 5.58. The molecule has 18 heavy (non-hydrogen) atoms. The highest BCUT2D eigenvalue weighted by atomic mass is 16.6. The third kappa shape index (κ3) is 4.25. The van der Waals surface area contributed by atoms with Crippen molar-refractivity contribution in [2.75, 3.05) is 13.2 Å². The maximum absolute atomic E-state index is 11.3. The van der Waals surface area contributed by atoms with Gasteiger partial charge < -0.3 is 14.6 Å². The van der Waals surface area contributed by atoms with Crippen LogP contribution in [0.3, 0.4) is 0 Å². The van der Waals surface area contributed by atoms with Crippen molar-refractivity contribution in [1.29, 1.82) is 0 Å². The quantitative estimate of drug-likeness (QED) is 0.766. The van der Waals surface area contributed by atoms with Crippen LogP contribution in [0.25, 0.3) is 0 Å². The van der Waals surface area contributed by atoms with Crippen molar-refractivity contribution in [3.8, 4) is 0 Å². The normalized spacial score (nSPS) is 32.6. The van der Waals surface area contributed by atoms with Gasteiger partial charge in [-0.1, -0.05) is 20.8 Å². The molecule has 0 aromatic carbocycles. The van der Waals surface area contributed by atoms with Crippen LogP contribution in [0.2, 0.25) is 0 Å². The third-order valence-electron chi connectivity index (χ3n) is 3.83. The minimum atomic E-state index is -0.307. The van der Waals surface area contributed by atoms with Gasteiger partial charge in [0.15, 0.2) is 0 Å². The smallest absolute Gasteiger partial charge is 0.332 e.